The molecule has 3 heterocycles. The molecule has 5 nitrogen and oxygen atoms in total. The molecule has 3 rings (SSSR count). The highest BCUT2D eigenvalue weighted by atomic mass is 16.5. The summed E-state index contributed by atoms with van der Waals surface area (Å²) in [6.07, 6.45) is 6.10. The summed E-state index contributed by atoms with van der Waals surface area (Å²) in [6, 6.07) is 4.01. The lowest BCUT2D eigenvalue weighted by Crippen LogP contribution is -2.38. The van der Waals surface area contributed by atoms with Crippen LogP contribution in [0.5, 0.6) is 0 Å². The van der Waals surface area contributed by atoms with Gasteiger partial charge in [0.1, 0.15) is 5.82 Å². The highest BCUT2D eigenvalue weighted by Crippen LogP contribution is 2.19. The van der Waals surface area contributed by atoms with Crippen molar-refractivity contribution in [3.63, 3.8) is 0 Å². The van der Waals surface area contributed by atoms with Gasteiger partial charge in [-0.3, -0.25) is 4.90 Å². The Labute approximate surface area is 120 Å². The van der Waals surface area contributed by atoms with Crippen molar-refractivity contribution in [3.05, 3.63) is 23.9 Å². The maximum absolute atomic E-state index is 6.15. The topological polar surface area (TPSA) is 63.4 Å². The fraction of sp³-hybridized carbons (Fsp3) is 0.667. The van der Waals surface area contributed by atoms with E-state index >= 15 is 0 Å². The van der Waals surface area contributed by atoms with Gasteiger partial charge in [0.2, 0.25) is 0 Å². The monoisotopic (exact) mass is 276 g/mol. The van der Waals surface area contributed by atoms with Crippen molar-refractivity contribution in [1.82, 2.24) is 15.2 Å². The van der Waals surface area contributed by atoms with E-state index in [1.807, 2.05) is 12.1 Å². The fourth-order valence-electron chi connectivity index (χ4n) is 3.07. The quantitative estimate of drug-likeness (QED) is 0.859. The van der Waals surface area contributed by atoms with Crippen LogP contribution in [0.25, 0.3) is 0 Å². The first-order valence-corrected chi connectivity index (χ1v) is 7.58. The predicted molar refractivity (Wildman–Crippen MR) is 79.3 cm³/mol. The number of anilines is 1. The van der Waals surface area contributed by atoms with Crippen LogP contribution < -0.4 is 11.1 Å². The van der Waals surface area contributed by atoms with Crippen LogP contribution in [0.1, 0.15) is 24.8 Å². The van der Waals surface area contributed by atoms with Gasteiger partial charge in [-0.2, -0.15) is 0 Å². The van der Waals surface area contributed by atoms with Crippen molar-refractivity contribution in [3.8, 4) is 0 Å². The van der Waals surface area contributed by atoms with Gasteiger partial charge in [0.25, 0.3) is 0 Å². The van der Waals surface area contributed by atoms with Crippen LogP contribution >= 0.6 is 0 Å². The molecular weight excluding hydrogens is 252 g/mol. The first kappa shape index (κ1) is 13.8. The first-order valence-electron chi connectivity index (χ1n) is 7.58. The molecule has 1 aromatic heterocycles. The van der Waals surface area contributed by atoms with Crippen LogP contribution in [0.3, 0.4) is 0 Å². The Morgan fingerprint density at radius 3 is 2.85 bits per heavy atom. The Morgan fingerprint density at radius 1 is 1.30 bits per heavy atom. The summed E-state index contributed by atoms with van der Waals surface area (Å²) in [4.78, 5) is 6.51. The van der Waals surface area contributed by atoms with Crippen molar-refractivity contribution in [1.29, 1.82) is 0 Å². The molecule has 5 heteroatoms. The molecule has 1 aromatic rings. The third-order valence-electron chi connectivity index (χ3n) is 4.19. The molecule has 0 bridgehead atoms. The lowest BCUT2D eigenvalue weighted by Gasteiger charge is -2.33. The number of hydrogen-bond acceptors (Lipinski definition) is 5. The number of aromatic nitrogens is 1. The van der Waals surface area contributed by atoms with Gasteiger partial charge in [-0.15, -0.1) is 0 Å². The third kappa shape index (κ3) is 3.69. The average Bonchev–Trinajstić information content (AvgIpc) is 2.94. The lowest BCUT2D eigenvalue weighted by molar-refractivity contribution is -0.0346. The van der Waals surface area contributed by atoms with Crippen LogP contribution in [-0.4, -0.2) is 48.3 Å². The maximum atomic E-state index is 6.15. The SMILES string of the molecule is Nc1cc(CN2CCC(OC3CCNC3)CC2)ccn1. The maximum Gasteiger partial charge on any atom is 0.123 e. The molecule has 2 saturated heterocycles. The minimum atomic E-state index is 0.437. The highest BCUT2D eigenvalue weighted by Gasteiger charge is 2.24. The summed E-state index contributed by atoms with van der Waals surface area (Å²) < 4.78 is 6.15. The smallest absolute Gasteiger partial charge is 0.123 e. The second-order valence-electron chi connectivity index (χ2n) is 5.82. The van der Waals surface area contributed by atoms with E-state index in [1.54, 1.807) is 6.20 Å². The number of nitrogens with one attached hydrogen (secondary N) is 1. The molecule has 0 aliphatic carbocycles. The van der Waals surface area contributed by atoms with Crippen LogP contribution in [0.4, 0.5) is 5.82 Å². The molecule has 0 saturated carbocycles. The molecule has 0 spiro atoms. The standard InChI is InChI=1S/C15H24N4O/c16-15-9-12(1-6-18-15)11-19-7-3-13(4-8-19)20-14-2-5-17-10-14/h1,6,9,13-14,17H,2-5,7-8,10-11H2,(H2,16,18). The van der Waals surface area contributed by atoms with E-state index in [4.69, 9.17) is 10.5 Å². The second kappa shape index (κ2) is 6.52. The zero-order chi connectivity index (χ0) is 13.8. The fourth-order valence-corrected chi connectivity index (χ4v) is 3.07. The largest absolute Gasteiger partial charge is 0.384 e. The number of hydrogen-bond donors (Lipinski definition) is 2. The lowest BCUT2D eigenvalue weighted by atomic mass is 10.1. The Balaban J connectivity index is 1.43. The summed E-state index contributed by atoms with van der Waals surface area (Å²) in [5.41, 5.74) is 6.97. The molecule has 110 valence electrons. The zero-order valence-corrected chi connectivity index (χ0v) is 11.9. The number of piperidine rings is 1. The summed E-state index contributed by atoms with van der Waals surface area (Å²) in [7, 11) is 0. The normalized spacial score (nSPS) is 25.1. The second-order valence-corrected chi connectivity index (χ2v) is 5.82. The van der Waals surface area contributed by atoms with E-state index in [9.17, 15) is 0 Å². The van der Waals surface area contributed by atoms with Gasteiger partial charge in [-0.05, 0) is 43.5 Å². The van der Waals surface area contributed by atoms with Gasteiger partial charge in [0.05, 0.1) is 12.2 Å². The van der Waals surface area contributed by atoms with Gasteiger partial charge < -0.3 is 15.8 Å². The molecule has 3 N–H and O–H groups in total. The molecule has 0 aromatic carbocycles. The zero-order valence-electron chi connectivity index (χ0n) is 11.9. The van der Waals surface area contributed by atoms with Crippen molar-refractivity contribution >= 4 is 5.82 Å². The molecule has 20 heavy (non-hydrogen) atoms. The minimum Gasteiger partial charge on any atom is -0.384 e. The Kier molecular flexibility index (Phi) is 4.50. The summed E-state index contributed by atoms with van der Waals surface area (Å²) in [5, 5.41) is 3.36. The molecule has 1 unspecified atom stereocenters. The van der Waals surface area contributed by atoms with Crippen molar-refractivity contribution < 1.29 is 4.74 Å². The predicted octanol–water partition coefficient (Wildman–Crippen LogP) is 1.01. The number of likely N-dealkylation sites (tertiary alicyclic amines) is 1. The number of pyridine rings is 1. The highest BCUT2D eigenvalue weighted by molar-refractivity contribution is 5.31. The molecule has 0 radical (unpaired) electrons. The van der Waals surface area contributed by atoms with Crippen LogP contribution in [0.2, 0.25) is 0 Å². The Morgan fingerprint density at radius 2 is 2.15 bits per heavy atom. The van der Waals surface area contributed by atoms with Gasteiger partial charge in [-0.1, -0.05) is 0 Å². The number of rotatable bonds is 4. The van der Waals surface area contributed by atoms with Crippen LogP contribution in [0.15, 0.2) is 18.3 Å². The molecule has 1 atom stereocenters. The summed E-state index contributed by atoms with van der Waals surface area (Å²) in [5.74, 6) is 0.606. The molecule has 2 aliphatic rings. The van der Waals surface area contributed by atoms with E-state index in [1.165, 1.54) is 5.56 Å². The Bertz CT molecular complexity index is 426. The third-order valence-corrected chi connectivity index (χ3v) is 4.19. The number of nitrogens with two attached hydrogens (primary N) is 1. The molecule has 2 fully saturated rings. The van der Waals surface area contributed by atoms with E-state index in [0.29, 0.717) is 18.0 Å². The summed E-state index contributed by atoms with van der Waals surface area (Å²) >= 11 is 0. The van der Waals surface area contributed by atoms with Gasteiger partial charge in [0, 0.05) is 32.4 Å². The van der Waals surface area contributed by atoms with Crippen molar-refractivity contribution in [2.24, 2.45) is 0 Å². The van der Waals surface area contributed by atoms with Crippen LogP contribution in [-0.2, 0) is 11.3 Å². The van der Waals surface area contributed by atoms with Crippen LogP contribution in [0, 0.1) is 0 Å². The van der Waals surface area contributed by atoms with Gasteiger partial charge in [-0.25, -0.2) is 4.98 Å². The van der Waals surface area contributed by atoms with E-state index < -0.39 is 0 Å². The molecule has 0 amide bonds. The van der Waals surface area contributed by atoms with E-state index in [-0.39, 0.29) is 0 Å². The number of ether oxygens (including phenoxy) is 1. The van der Waals surface area contributed by atoms with Gasteiger partial charge >= 0.3 is 0 Å². The molecular formula is C15H24N4O. The van der Waals surface area contributed by atoms with E-state index in [2.05, 4.69) is 15.2 Å². The van der Waals surface area contributed by atoms with Crippen molar-refractivity contribution in [2.75, 3.05) is 31.9 Å². The Hall–Kier alpha value is -1.17. The first-order chi connectivity index (χ1) is 9.79. The number of nitrogen functional groups attached to an aromatic ring is 1. The van der Waals surface area contributed by atoms with Crippen molar-refractivity contribution in [2.45, 2.75) is 38.0 Å². The van der Waals surface area contributed by atoms with E-state index in [0.717, 1.165) is 52.0 Å². The molecule has 2 aliphatic heterocycles. The summed E-state index contributed by atoms with van der Waals surface area (Å²) in [6.45, 7) is 5.30. The average molecular weight is 276 g/mol. The van der Waals surface area contributed by atoms with Gasteiger partial charge in [0.15, 0.2) is 0 Å². The minimum absolute atomic E-state index is 0.437. The number of nitrogens with zero attached hydrogens (tertiary/aromatic N) is 2.